The zero-order valence-corrected chi connectivity index (χ0v) is 9.16. The number of carboxylic acids is 1. The summed E-state index contributed by atoms with van der Waals surface area (Å²) in [4.78, 5) is 22.1. The molecule has 1 heterocycles. The summed E-state index contributed by atoms with van der Waals surface area (Å²) in [5, 5.41) is 27.3. The zero-order valence-electron chi connectivity index (χ0n) is 9.16. The summed E-state index contributed by atoms with van der Waals surface area (Å²) in [6.45, 7) is 0. The number of Topliss-reactive ketones (excluding diaryl/α,β-unsaturated/α-hetero) is 1. The summed E-state index contributed by atoms with van der Waals surface area (Å²) in [5.41, 5.74) is 0.00720. The van der Waals surface area contributed by atoms with Crippen molar-refractivity contribution in [1.82, 2.24) is 0 Å². The van der Waals surface area contributed by atoms with Crippen LogP contribution < -0.4 is 4.74 Å². The minimum atomic E-state index is -1.14. The summed E-state index contributed by atoms with van der Waals surface area (Å²) >= 11 is 0. The maximum absolute atomic E-state index is 11.8. The van der Waals surface area contributed by atoms with Crippen LogP contribution in [0, 0.1) is 0 Å². The number of phenols is 2. The lowest BCUT2D eigenvalue weighted by Gasteiger charge is -2.23. The van der Waals surface area contributed by atoms with Gasteiger partial charge >= 0.3 is 5.97 Å². The van der Waals surface area contributed by atoms with Gasteiger partial charge in [-0.25, -0.2) is 4.79 Å². The Labute approximate surface area is 102 Å². The van der Waals surface area contributed by atoms with Crippen molar-refractivity contribution in [2.45, 2.75) is 12.5 Å². The molecule has 1 atom stereocenters. The number of aromatic hydroxyl groups is 2. The van der Waals surface area contributed by atoms with Crippen LogP contribution in [-0.4, -0.2) is 33.2 Å². The number of carboxylic acid groups (broad SMARTS) is 1. The van der Waals surface area contributed by atoms with E-state index in [2.05, 4.69) is 0 Å². The molecule has 18 heavy (non-hydrogen) atoms. The highest BCUT2D eigenvalue weighted by atomic mass is 16.5. The molecule has 0 bridgehead atoms. The van der Waals surface area contributed by atoms with Crippen LogP contribution in [-0.2, 0) is 4.79 Å². The molecule has 1 aliphatic heterocycles. The molecule has 0 amide bonds. The number of phenolic OH excluding ortho intramolecular Hbond substituents is 2. The molecular formula is C12H10O6. The third-order valence-electron chi connectivity index (χ3n) is 2.46. The van der Waals surface area contributed by atoms with Gasteiger partial charge in [0, 0.05) is 18.2 Å². The number of rotatable bonds is 2. The lowest BCUT2D eigenvalue weighted by molar-refractivity contribution is -0.131. The fraction of sp³-hybridized carbons (Fsp3) is 0.167. The number of ketones is 1. The van der Waals surface area contributed by atoms with E-state index < -0.39 is 12.1 Å². The first-order chi connectivity index (χ1) is 8.47. The van der Waals surface area contributed by atoms with Crippen molar-refractivity contribution in [1.29, 1.82) is 0 Å². The number of fused-ring (bicyclic) bond motifs is 1. The molecule has 0 radical (unpaired) electrons. The minimum absolute atomic E-state index is 0.00720. The second-order valence-corrected chi connectivity index (χ2v) is 3.82. The number of ether oxygens (including phenoxy) is 1. The van der Waals surface area contributed by atoms with Gasteiger partial charge in [-0.3, -0.25) is 4.79 Å². The number of benzene rings is 1. The van der Waals surface area contributed by atoms with Crippen molar-refractivity contribution in [3.8, 4) is 17.2 Å². The summed E-state index contributed by atoms with van der Waals surface area (Å²) in [6, 6.07) is 2.25. The maximum atomic E-state index is 11.8. The first-order valence-corrected chi connectivity index (χ1v) is 5.14. The predicted molar refractivity (Wildman–Crippen MR) is 59.9 cm³/mol. The highest BCUT2D eigenvalue weighted by Gasteiger charge is 2.28. The Bertz CT molecular complexity index is 546. The van der Waals surface area contributed by atoms with Crippen molar-refractivity contribution in [2.75, 3.05) is 0 Å². The fourth-order valence-corrected chi connectivity index (χ4v) is 1.75. The summed E-state index contributed by atoms with van der Waals surface area (Å²) < 4.78 is 5.32. The number of hydrogen-bond acceptors (Lipinski definition) is 5. The van der Waals surface area contributed by atoms with Crippen LogP contribution in [0.25, 0.3) is 0 Å². The van der Waals surface area contributed by atoms with Gasteiger partial charge in [0.15, 0.2) is 5.78 Å². The van der Waals surface area contributed by atoms with E-state index in [1.165, 1.54) is 12.1 Å². The standard InChI is InChI=1S/C12H10O6/c13-6-3-8(14)12-9(15)5-7(1-2-11(16)17)18-10(12)4-6/h1-4,7,13-14H,5H2,(H,16,17)/b2-1+. The van der Waals surface area contributed by atoms with Gasteiger partial charge < -0.3 is 20.1 Å². The first kappa shape index (κ1) is 12.0. The second kappa shape index (κ2) is 4.40. The Morgan fingerprint density at radius 3 is 2.78 bits per heavy atom. The second-order valence-electron chi connectivity index (χ2n) is 3.82. The highest BCUT2D eigenvalue weighted by molar-refractivity contribution is 6.02. The number of aliphatic carboxylic acids is 1. The van der Waals surface area contributed by atoms with Crippen LogP contribution in [0.15, 0.2) is 24.3 Å². The number of carbonyl (C=O) groups excluding carboxylic acids is 1. The minimum Gasteiger partial charge on any atom is -0.508 e. The molecule has 3 N–H and O–H groups in total. The van der Waals surface area contributed by atoms with Gasteiger partial charge in [0.1, 0.15) is 28.9 Å². The third-order valence-corrected chi connectivity index (χ3v) is 2.46. The monoisotopic (exact) mass is 250 g/mol. The summed E-state index contributed by atoms with van der Waals surface area (Å²) in [7, 11) is 0. The SMILES string of the molecule is O=C(O)/C=C/C1CC(=O)c2c(O)cc(O)cc2O1. The molecule has 6 heteroatoms. The normalized spacial score (nSPS) is 18.4. The molecular weight excluding hydrogens is 240 g/mol. The van der Waals surface area contributed by atoms with E-state index in [-0.39, 0.29) is 35.0 Å². The molecule has 0 aromatic heterocycles. The number of hydrogen-bond donors (Lipinski definition) is 3. The van der Waals surface area contributed by atoms with Crippen molar-refractivity contribution in [3.05, 3.63) is 29.8 Å². The van der Waals surface area contributed by atoms with E-state index in [1.807, 2.05) is 0 Å². The summed E-state index contributed by atoms with van der Waals surface area (Å²) in [5.74, 6) is -2.05. The Hall–Kier alpha value is -2.50. The molecule has 1 aliphatic rings. The Morgan fingerprint density at radius 2 is 2.11 bits per heavy atom. The van der Waals surface area contributed by atoms with Crippen molar-refractivity contribution in [2.24, 2.45) is 0 Å². The van der Waals surface area contributed by atoms with Crippen molar-refractivity contribution >= 4 is 11.8 Å². The number of carbonyl (C=O) groups is 2. The van der Waals surface area contributed by atoms with Gasteiger partial charge in [-0.1, -0.05) is 0 Å². The van der Waals surface area contributed by atoms with Gasteiger partial charge in [0.2, 0.25) is 0 Å². The average Bonchev–Trinajstić information content (AvgIpc) is 2.24. The molecule has 0 aliphatic carbocycles. The van der Waals surface area contributed by atoms with E-state index >= 15 is 0 Å². The molecule has 94 valence electrons. The van der Waals surface area contributed by atoms with Crippen molar-refractivity contribution in [3.63, 3.8) is 0 Å². The Kier molecular flexibility index (Phi) is 2.93. The largest absolute Gasteiger partial charge is 0.508 e. The van der Waals surface area contributed by atoms with E-state index in [0.29, 0.717) is 0 Å². The Balaban J connectivity index is 2.34. The smallest absolute Gasteiger partial charge is 0.328 e. The highest BCUT2D eigenvalue weighted by Crippen LogP contribution is 2.37. The van der Waals surface area contributed by atoms with Gasteiger partial charge in [0.25, 0.3) is 0 Å². The molecule has 0 fully saturated rings. The maximum Gasteiger partial charge on any atom is 0.328 e. The van der Waals surface area contributed by atoms with E-state index in [9.17, 15) is 19.8 Å². The van der Waals surface area contributed by atoms with Gasteiger partial charge in [-0.2, -0.15) is 0 Å². The van der Waals surface area contributed by atoms with Crippen LogP contribution in [0.3, 0.4) is 0 Å². The fourth-order valence-electron chi connectivity index (χ4n) is 1.75. The molecule has 1 aromatic rings. The molecule has 6 nitrogen and oxygen atoms in total. The lowest BCUT2D eigenvalue weighted by atomic mass is 9.99. The molecule has 0 saturated carbocycles. The predicted octanol–water partition coefficient (Wildman–Crippen LogP) is 1.07. The Morgan fingerprint density at radius 1 is 1.39 bits per heavy atom. The van der Waals surface area contributed by atoms with E-state index in [1.54, 1.807) is 0 Å². The van der Waals surface area contributed by atoms with Crippen molar-refractivity contribution < 1.29 is 29.6 Å². The molecule has 2 rings (SSSR count). The molecule has 0 saturated heterocycles. The molecule has 0 spiro atoms. The van der Waals surface area contributed by atoms with Gasteiger partial charge in [-0.15, -0.1) is 0 Å². The van der Waals surface area contributed by atoms with E-state index in [4.69, 9.17) is 9.84 Å². The van der Waals surface area contributed by atoms with Crippen LogP contribution in [0.2, 0.25) is 0 Å². The molecule has 1 unspecified atom stereocenters. The third kappa shape index (κ3) is 2.27. The first-order valence-electron chi connectivity index (χ1n) is 5.14. The molecule has 1 aromatic carbocycles. The van der Waals surface area contributed by atoms with Crippen LogP contribution in [0.4, 0.5) is 0 Å². The van der Waals surface area contributed by atoms with Crippen LogP contribution in [0.1, 0.15) is 16.8 Å². The average molecular weight is 250 g/mol. The summed E-state index contributed by atoms with van der Waals surface area (Å²) in [6.07, 6.45) is 1.34. The van der Waals surface area contributed by atoms with Crippen LogP contribution >= 0.6 is 0 Å². The van der Waals surface area contributed by atoms with Crippen LogP contribution in [0.5, 0.6) is 17.2 Å². The lowest BCUT2D eigenvalue weighted by Crippen LogP contribution is -2.25. The topological polar surface area (TPSA) is 104 Å². The van der Waals surface area contributed by atoms with E-state index in [0.717, 1.165) is 12.1 Å². The quantitative estimate of drug-likeness (QED) is 0.678. The zero-order chi connectivity index (χ0) is 13.3. The van der Waals surface area contributed by atoms with Gasteiger partial charge in [-0.05, 0) is 6.08 Å². The van der Waals surface area contributed by atoms with Gasteiger partial charge in [0.05, 0.1) is 6.42 Å².